The van der Waals surface area contributed by atoms with Crippen molar-refractivity contribution in [2.24, 2.45) is 0 Å². The highest BCUT2D eigenvalue weighted by Gasteiger charge is 2.52. The van der Waals surface area contributed by atoms with Crippen LogP contribution in [0.5, 0.6) is 5.75 Å². The van der Waals surface area contributed by atoms with E-state index in [4.69, 9.17) is 14.0 Å². The van der Waals surface area contributed by atoms with Crippen molar-refractivity contribution in [2.45, 2.75) is 50.2 Å². The van der Waals surface area contributed by atoms with Gasteiger partial charge in [-0.3, -0.25) is 4.55 Å². The summed E-state index contributed by atoms with van der Waals surface area (Å²) in [4.78, 5) is 12.0. The molecule has 2 aliphatic heterocycles. The number of carbonyl (C=O) groups excluding carboxylic acids is 1. The Hall–Kier alpha value is -1.85. The fourth-order valence-electron chi connectivity index (χ4n) is 3.54. The number of rotatable bonds is 6. The van der Waals surface area contributed by atoms with Gasteiger partial charge in [0.15, 0.2) is 0 Å². The van der Waals surface area contributed by atoms with Crippen LogP contribution in [0.1, 0.15) is 42.1 Å². The normalized spacial score (nSPS) is 27.0. The second-order valence-electron chi connectivity index (χ2n) is 7.07. The van der Waals surface area contributed by atoms with Crippen LogP contribution in [-0.4, -0.2) is 49.1 Å². The van der Waals surface area contributed by atoms with Crippen molar-refractivity contribution in [3.05, 3.63) is 29.3 Å². The lowest BCUT2D eigenvalue weighted by atomic mass is 9.86. The van der Waals surface area contributed by atoms with E-state index in [1.807, 2.05) is 0 Å². The standard InChI is InChI=1S/C17H19F3O7S/c1-16(9-11-3-5-14(16)26-11)27-13-8-10(2-4-12(13)17(18,19)20)15(21)25-6-7-28(22,23)24/h2,4,8,11,14H,3,5-7,9H2,1H3,(H,22,23,24). The summed E-state index contributed by atoms with van der Waals surface area (Å²) in [6, 6.07) is 2.56. The van der Waals surface area contributed by atoms with Gasteiger partial charge in [0.1, 0.15) is 23.7 Å². The minimum atomic E-state index is -4.70. The van der Waals surface area contributed by atoms with Crippen molar-refractivity contribution in [1.82, 2.24) is 0 Å². The minimum absolute atomic E-state index is 0.0575. The molecule has 156 valence electrons. The van der Waals surface area contributed by atoms with Gasteiger partial charge >= 0.3 is 12.1 Å². The molecule has 1 aromatic rings. The van der Waals surface area contributed by atoms with E-state index in [0.29, 0.717) is 18.9 Å². The number of hydrogen-bond donors (Lipinski definition) is 1. The summed E-state index contributed by atoms with van der Waals surface area (Å²) in [5.74, 6) is -2.37. The minimum Gasteiger partial charge on any atom is -0.484 e. The Kier molecular flexibility index (Phi) is 5.36. The molecule has 28 heavy (non-hydrogen) atoms. The van der Waals surface area contributed by atoms with Gasteiger partial charge in [0.25, 0.3) is 10.1 Å². The van der Waals surface area contributed by atoms with Crippen molar-refractivity contribution in [3.63, 3.8) is 0 Å². The average molecular weight is 424 g/mol. The van der Waals surface area contributed by atoms with E-state index in [-0.39, 0.29) is 17.8 Å². The van der Waals surface area contributed by atoms with Crippen LogP contribution < -0.4 is 4.74 Å². The lowest BCUT2D eigenvalue weighted by molar-refractivity contribution is -0.140. The number of esters is 1. The zero-order valence-corrected chi connectivity index (χ0v) is 15.7. The SMILES string of the molecule is CC1(Oc2cc(C(=O)OCCS(=O)(=O)O)ccc2C(F)(F)F)CC2CCC1O2. The molecule has 2 aliphatic rings. The molecule has 1 aromatic carbocycles. The van der Waals surface area contributed by atoms with Crippen molar-refractivity contribution in [3.8, 4) is 5.75 Å². The number of benzene rings is 1. The third kappa shape index (κ3) is 4.58. The van der Waals surface area contributed by atoms with Gasteiger partial charge in [0.05, 0.1) is 23.3 Å². The summed E-state index contributed by atoms with van der Waals surface area (Å²) < 4.78 is 86.2. The van der Waals surface area contributed by atoms with E-state index in [9.17, 15) is 26.4 Å². The van der Waals surface area contributed by atoms with Crippen LogP contribution >= 0.6 is 0 Å². The molecule has 2 heterocycles. The van der Waals surface area contributed by atoms with Gasteiger partial charge in [-0.05, 0) is 38.0 Å². The maximum atomic E-state index is 13.4. The molecule has 0 aliphatic carbocycles. The average Bonchev–Trinajstić information content (AvgIpc) is 3.12. The van der Waals surface area contributed by atoms with Gasteiger partial charge in [0.2, 0.25) is 0 Å². The molecule has 11 heteroatoms. The Labute approximate surface area is 159 Å². The van der Waals surface area contributed by atoms with E-state index in [1.54, 1.807) is 6.92 Å². The van der Waals surface area contributed by atoms with E-state index < -0.39 is 51.5 Å². The summed E-state index contributed by atoms with van der Waals surface area (Å²) in [6.45, 7) is 1.04. The van der Waals surface area contributed by atoms with Crippen molar-refractivity contribution in [1.29, 1.82) is 0 Å². The number of fused-ring (bicyclic) bond motifs is 2. The number of hydrogen-bond acceptors (Lipinski definition) is 6. The molecular formula is C17H19F3O7S. The highest BCUT2D eigenvalue weighted by Crippen LogP contribution is 2.46. The number of ether oxygens (including phenoxy) is 3. The predicted octanol–water partition coefficient (Wildman–Crippen LogP) is 2.84. The third-order valence-electron chi connectivity index (χ3n) is 4.86. The zero-order valence-electron chi connectivity index (χ0n) is 14.9. The quantitative estimate of drug-likeness (QED) is 0.554. The summed E-state index contributed by atoms with van der Waals surface area (Å²) in [5.41, 5.74) is -2.21. The van der Waals surface area contributed by atoms with E-state index >= 15 is 0 Å². The van der Waals surface area contributed by atoms with Gasteiger partial charge in [0, 0.05) is 6.42 Å². The number of carbonyl (C=O) groups is 1. The maximum Gasteiger partial charge on any atom is 0.419 e. The van der Waals surface area contributed by atoms with Gasteiger partial charge in [-0.25, -0.2) is 4.79 Å². The molecular weight excluding hydrogens is 405 g/mol. The summed E-state index contributed by atoms with van der Waals surface area (Å²) in [7, 11) is -4.33. The molecule has 2 fully saturated rings. The van der Waals surface area contributed by atoms with E-state index in [0.717, 1.165) is 18.6 Å². The number of halogens is 3. The van der Waals surface area contributed by atoms with Crippen molar-refractivity contribution >= 4 is 16.1 Å². The van der Waals surface area contributed by atoms with Crippen LogP contribution in [0, 0.1) is 0 Å². The molecule has 7 nitrogen and oxygen atoms in total. The molecule has 2 bridgehead atoms. The molecule has 3 atom stereocenters. The van der Waals surface area contributed by atoms with Crippen LogP contribution in [0.4, 0.5) is 13.2 Å². The summed E-state index contributed by atoms with van der Waals surface area (Å²) in [6.07, 6.45) is -3.13. The van der Waals surface area contributed by atoms with Crippen LogP contribution in [0.2, 0.25) is 0 Å². The van der Waals surface area contributed by atoms with Gasteiger partial charge < -0.3 is 14.2 Å². The smallest absolute Gasteiger partial charge is 0.419 e. The monoisotopic (exact) mass is 424 g/mol. The molecule has 0 radical (unpaired) electrons. The Bertz CT molecular complexity index is 868. The molecule has 3 rings (SSSR count). The highest BCUT2D eigenvalue weighted by molar-refractivity contribution is 7.85. The Morgan fingerprint density at radius 3 is 2.61 bits per heavy atom. The topological polar surface area (TPSA) is 99.1 Å². The Morgan fingerprint density at radius 1 is 1.36 bits per heavy atom. The first-order chi connectivity index (χ1) is 12.9. The second-order valence-corrected chi connectivity index (χ2v) is 8.65. The first-order valence-corrected chi connectivity index (χ1v) is 10.2. The highest BCUT2D eigenvalue weighted by atomic mass is 32.2. The fraction of sp³-hybridized carbons (Fsp3) is 0.588. The van der Waals surface area contributed by atoms with Gasteiger partial charge in [-0.1, -0.05) is 0 Å². The second kappa shape index (κ2) is 7.20. The van der Waals surface area contributed by atoms with Crippen LogP contribution in [0.25, 0.3) is 0 Å². The first-order valence-electron chi connectivity index (χ1n) is 8.55. The summed E-state index contributed by atoms with van der Waals surface area (Å²) >= 11 is 0. The van der Waals surface area contributed by atoms with Crippen LogP contribution in [0.15, 0.2) is 18.2 Å². The first kappa shape index (κ1) is 20.9. The molecule has 3 unspecified atom stereocenters. The summed E-state index contributed by atoms with van der Waals surface area (Å²) in [5, 5.41) is 0. The van der Waals surface area contributed by atoms with Gasteiger partial charge in [-0.15, -0.1) is 0 Å². The molecule has 2 saturated heterocycles. The Morgan fingerprint density at radius 2 is 2.07 bits per heavy atom. The predicted molar refractivity (Wildman–Crippen MR) is 89.7 cm³/mol. The van der Waals surface area contributed by atoms with Crippen LogP contribution in [-0.2, 0) is 25.8 Å². The molecule has 0 aromatic heterocycles. The van der Waals surface area contributed by atoms with E-state index in [1.165, 1.54) is 0 Å². The fourth-order valence-corrected chi connectivity index (χ4v) is 3.83. The Balaban J connectivity index is 1.82. The van der Waals surface area contributed by atoms with E-state index in [2.05, 4.69) is 4.74 Å². The molecule has 1 N–H and O–H groups in total. The van der Waals surface area contributed by atoms with Gasteiger partial charge in [-0.2, -0.15) is 21.6 Å². The molecule has 0 amide bonds. The lowest BCUT2D eigenvalue weighted by Crippen LogP contribution is -2.42. The molecule has 0 saturated carbocycles. The largest absolute Gasteiger partial charge is 0.484 e. The zero-order chi connectivity index (χ0) is 20.7. The van der Waals surface area contributed by atoms with Crippen molar-refractivity contribution < 1.29 is 45.1 Å². The number of alkyl halides is 3. The third-order valence-corrected chi connectivity index (χ3v) is 5.54. The lowest BCUT2D eigenvalue weighted by Gasteiger charge is -2.33. The van der Waals surface area contributed by atoms with Crippen LogP contribution in [0.3, 0.4) is 0 Å². The maximum absolute atomic E-state index is 13.4. The van der Waals surface area contributed by atoms with Crippen molar-refractivity contribution in [2.75, 3.05) is 12.4 Å². The molecule has 0 spiro atoms.